The molecular formula is C24H32N2O3. The van der Waals surface area contributed by atoms with E-state index >= 15 is 0 Å². The Kier molecular flexibility index (Phi) is 7.82. The van der Waals surface area contributed by atoms with Crippen molar-refractivity contribution in [3.05, 3.63) is 54.1 Å². The van der Waals surface area contributed by atoms with Gasteiger partial charge in [-0.05, 0) is 54.7 Å². The van der Waals surface area contributed by atoms with Gasteiger partial charge in [-0.2, -0.15) is 0 Å². The lowest BCUT2D eigenvalue weighted by atomic mass is 9.82. The zero-order chi connectivity index (χ0) is 21.4. The van der Waals surface area contributed by atoms with Crippen molar-refractivity contribution in [1.29, 1.82) is 0 Å². The second-order valence-electron chi connectivity index (χ2n) is 8.14. The van der Waals surface area contributed by atoms with E-state index in [0.717, 1.165) is 19.3 Å². The molecule has 156 valence electrons. The van der Waals surface area contributed by atoms with Crippen LogP contribution in [0.2, 0.25) is 0 Å². The van der Waals surface area contributed by atoms with Crippen LogP contribution in [0.1, 0.15) is 64.2 Å². The van der Waals surface area contributed by atoms with Crippen molar-refractivity contribution in [2.24, 2.45) is 5.41 Å². The molecule has 2 amide bonds. The predicted molar refractivity (Wildman–Crippen MR) is 117 cm³/mol. The number of rotatable bonds is 9. The summed E-state index contributed by atoms with van der Waals surface area (Å²) < 4.78 is 5.83. The monoisotopic (exact) mass is 396 g/mol. The number of ether oxygens (including phenoxy) is 1. The van der Waals surface area contributed by atoms with Crippen LogP contribution >= 0.6 is 0 Å². The molecule has 2 aromatic carbocycles. The molecular weight excluding hydrogens is 364 g/mol. The molecule has 0 bridgehead atoms. The summed E-state index contributed by atoms with van der Waals surface area (Å²) in [5.41, 5.74) is 1.49. The van der Waals surface area contributed by atoms with Crippen molar-refractivity contribution >= 4 is 17.5 Å². The molecule has 0 aromatic heterocycles. The molecule has 1 unspecified atom stereocenters. The first-order valence-electron chi connectivity index (χ1n) is 10.2. The van der Waals surface area contributed by atoms with E-state index < -0.39 is 0 Å². The topological polar surface area (TPSA) is 67.4 Å². The van der Waals surface area contributed by atoms with E-state index in [-0.39, 0.29) is 23.3 Å². The number of amides is 2. The average molecular weight is 397 g/mol. The molecule has 2 aromatic rings. The number of carbonyl (C=O) groups excluding carboxylic acids is 2. The van der Waals surface area contributed by atoms with Gasteiger partial charge in [0.15, 0.2) is 0 Å². The minimum absolute atomic E-state index is 0.0667. The van der Waals surface area contributed by atoms with Gasteiger partial charge < -0.3 is 15.4 Å². The molecule has 0 saturated heterocycles. The lowest BCUT2D eigenvalue weighted by Crippen LogP contribution is -2.37. The highest BCUT2D eigenvalue weighted by Crippen LogP contribution is 2.28. The van der Waals surface area contributed by atoms with Crippen LogP contribution in [-0.4, -0.2) is 17.9 Å². The maximum atomic E-state index is 12.6. The molecule has 2 N–H and O–H groups in total. The third-order valence-corrected chi connectivity index (χ3v) is 5.09. The summed E-state index contributed by atoms with van der Waals surface area (Å²) in [4.78, 5) is 23.8. The maximum Gasteiger partial charge on any atom is 0.251 e. The summed E-state index contributed by atoms with van der Waals surface area (Å²) in [6, 6.07) is 14.4. The van der Waals surface area contributed by atoms with Gasteiger partial charge in [0.25, 0.3) is 5.91 Å². The molecule has 0 aliphatic heterocycles. The molecule has 1 atom stereocenters. The standard InChI is InChI=1S/C24H32N2O3/c1-6-19(16-24(4,5)7-2)26-23(28)18-11-13-21(14-12-18)29-22-10-8-9-20(15-22)25-17(3)27/h8-15,19H,6-7,16H2,1-5H3,(H,25,27)(H,26,28). The van der Waals surface area contributed by atoms with Crippen LogP contribution in [0.25, 0.3) is 0 Å². The predicted octanol–water partition coefficient (Wildman–Crippen LogP) is 5.77. The van der Waals surface area contributed by atoms with Crippen LogP contribution in [-0.2, 0) is 4.79 Å². The first-order valence-corrected chi connectivity index (χ1v) is 10.2. The smallest absolute Gasteiger partial charge is 0.251 e. The first-order chi connectivity index (χ1) is 13.7. The Labute approximate surface area is 173 Å². The van der Waals surface area contributed by atoms with Gasteiger partial charge in [-0.1, -0.05) is 40.2 Å². The first kappa shape index (κ1) is 22.5. The van der Waals surface area contributed by atoms with Crippen LogP contribution in [0.3, 0.4) is 0 Å². The van der Waals surface area contributed by atoms with Gasteiger partial charge in [0.2, 0.25) is 5.91 Å². The van der Waals surface area contributed by atoms with Crippen molar-refractivity contribution < 1.29 is 14.3 Å². The lowest BCUT2D eigenvalue weighted by molar-refractivity contribution is -0.114. The van der Waals surface area contributed by atoms with Crippen molar-refractivity contribution in [2.75, 3.05) is 5.32 Å². The van der Waals surface area contributed by atoms with E-state index in [4.69, 9.17) is 4.74 Å². The third kappa shape index (κ3) is 7.26. The van der Waals surface area contributed by atoms with Gasteiger partial charge >= 0.3 is 0 Å². The van der Waals surface area contributed by atoms with E-state index in [9.17, 15) is 9.59 Å². The van der Waals surface area contributed by atoms with Gasteiger partial charge in [0.05, 0.1) is 0 Å². The quantitative estimate of drug-likeness (QED) is 0.565. The Balaban J connectivity index is 2.00. The average Bonchev–Trinajstić information content (AvgIpc) is 2.67. The van der Waals surface area contributed by atoms with Crippen LogP contribution in [0.5, 0.6) is 11.5 Å². The van der Waals surface area contributed by atoms with E-state index in [0.29, 0.717) is 22.7 Å². The second kappa shape index (κ2) is 10.1. The fraction of sp³-hybridized carbons (Fsp3) is 0.417. The van der Waals surface area contributed by atoms with Crippen LogP contribution in [0, 0.1) is 5.41 Å². The largest absolute Gasteiger partial charge is 0.457 e. The molecule has 0 radical (unpaired) electrons. The number of carbonyl (C=O) groups is 2. The molecule has 29 heavy (non-hydrogen) atoms. The normalized spacial score (nSPS) is 12.2. The Morgan fingerprint density at radius 1 is 1.03 bits per heavy atom. The molecule has 0 fully saturated rings. The van der Waals surface area contributed by atoms with Gasteiger partial charge in [-0.15, -0.1) is 0 Å². The minimum atomic E-state index is -0.134. The van der Waals surface area contributed by atoms with Crippen LogP contribution < -0.4 is 15.4 Å². The molecule has 0 heterocycles. The van der Waals surface area contributed by atoms with Gasteiger partial charge in [0, 0.05) is 30.3 Å². The van der Waals surface area contributed by atoms with Crippen molar-refractivity contribution in [3.8, 4) is 11.5 Å². The Hall–Kier alpha value is -2.82. The summed E-state index contributed by atoms with van der Waals surface area (Å²) in [6.07, 6.45) is 2.94. The molecule has 0 aliphatic carbocycles. The number of nitrogens with one attached hydrogen (secondary N) is 2. The molecule has 5 nitrogen and oxygen atoms in total. The maximum absolute atomic E-state index is 12.6. The summed E-state index contributed by atoms with van der Waals surface area (Å²) in [5, 5.41) is 5.88. The fourth-order valence-electron chi connectivity index (χ4n) is 3.03. The van der Waals surface area contributed by atoms with Gasteiger partial charge in [-0.25, -0.2) is 0 Å². The second-order valence-corrected chi connectivity index (χ2v) is 8.14. The number of hydrogen-bond donors (Lipinski definition) is 2. The molecule has 5 heteroatoms. The summed E-state index contributed by atoms with van der Waals surface area (Å²) >= 11 is 0. The van der Waals surface area contributed by atoms with Crippen molar-refractivity contribution in [2.45, 2.75) is 59.9 Å². The molecule has 0 saturated carbocycles. The zero-order valence-corrected chi connectivity index (χ0v) is 18.0. The molecule has 2 rings (SSSR count). The Morgan fingerprint density at radius 3 is 2.31 bits per heavy atom. The summed E-state index contributed by atoms with van der Waals surface area (Å²) in [6.45, 7) is 10.2. The number of benzene rings is 2. The van der Waals surface area contributed by atoms with Gasteiger partial charge in [0.1, 0.15) is 11.5 Å². The highest BCUT2D eigenvalue weighted by molar-refractivity contribution is 5.94. The van der Waals surface area contributed by atoms with E-state index in [1.54, 1.807) is 36.4 Å². The van der Waals surface area contributed by atoms with E-state index in [1.165, 1.54) is 6.92 Å². The van der Waals surface area contributed by atoms with Gasteiger partial charge in [-0.3, -0.25) is 9.59 Å². The summed E-state index contributed by atoms with van der Waals surface area (Å²) in [7, 11) is 0. The lowest BCUT2D eigenvalue weighted by Gasteiger charge is -2.28. The van der Waals surface area contributed by atoms with Crippen molar-refractivity contribution in [1.82, 2.24) is 5.32 Å². The third-order valence-electron chi connectivity index (χ3n) is 5.09. The highest BCUT2D eigenvalue weighted by Gasteiger charge is 2.22. The molecule has 0 spiro atoms. The Morgan fingerprint density at radius 2 is 1.72 bits per heavy atom. The van der Waals surface area contributed by atoms with E-state index in [1.807, 2.05) is 12.1 Å². The molecule has 0 aliphatic rings. The highest BCUT2D eigenvalue weighted by atomic mass is 16.5. The van der Waals surface area contributed by atoms with Crippen LogP contribution in [0.15, 0.2) is 48.5 Å². The zero-order valence-electron chi connectivity index (χ0n) is 18.0. The van der Waals surface area contributed by atoms with Crippen LogP contribution in [0.4, 0.5) is 5.69 Å². The van der Waals surface area contributed by atoms with Crippen molar-refractivity contribution in [3.63, 3.8) is 0 Å². The Bertz CT molecular complexity index is 828. The van der Waals surface area contributed by atoms with E-state index in [2.05, 4.69) is 38.3 Å². The fourth-order valence-corrected chi connectivity index (χ4v) is 3.03. The number of anilines is 1. The summed E-state index contributed by atoms with van der Waals surface area (Å²) in [5.74, 6) is 1.04. The minimum Gasteiger partial charge on any atom is -0.457 e. The SMILES string of the molecule is CCC(CC(C)(C)CC)NC(=O)c1ccc(Oc2cccc(NC(C)=O)c2)cc1. The number of hydrogen-bond acceptors (Lipinski definition) is 3.